The third-order valence-corrected chi connectivity index (χ3v) is 6.40. The van der Waals surface area contributed by atoms with E-state index in [9.17, 15) is 14.4 Å². The van der Waals surface area contributed by atoms with Crippen molar-refractivity contribution in [2.24, 2.45) is 7.05 Å². The molecule has 2 atom stereocenters. The maximum absolute atomic E-state index is 13.6. The molecule has 2 amide bonds. The molecule has 0 unspecified atom stereocenters. The molecule has 1 N–H and O–H groups in total. The van der Waals surface area contributed by atoms with Gasteiger partial charge in [0, 0.05) is 42.2 Å². The highest BCUT2D eigenvalue weighted by Gasteiger charge is 2.59. The second-order valence-corrected chi connectivity index (χ2v) is 8.21. The smallest absolute Gasteiger partial charge is 0.254 e. The molecule has 2 aliphatic rings. The monoisotopic (exact) mass is 414 g/mol. The molecule has 0 aliphatic carbocycles. The standard InChI is InChI=1S/C24H22N4O3/c1-15(29)16-6-5-7-17(12-16)22(30)28-11-10-24(21(28)18-13-25-27(2)14-18)19-8-3-4-9-20(19)26-23(24)31/h3-9,12-14,21H,10-11H2,1-2H3,(H,26,31)/t21-,24+/m0/s1. The molecule has 1 spiro atoms. The summed E-state index contributed by atoms with van der Waals surface area (Å²) in [6.07, 6.45) is 4.09. The molecule has 1 saturated heterocycles. The summed E-state index contributed by atoms with van der Waals surface area (Å²) in [4.78, 5) is 40.6. The van der Waals surface area contributed by atoms with Crippen LogP contribution in [0.2, 0.25) is 0 Å². The topological polar surface area (TPSA) is 84.3 Å². The number of anilines is 1. The Morgan fingerprint density at radius 1 is 1.13 bits per heavy atom. The minimum atomic E-state index is -0.881. The van der Waals surface area contributed by atoms with Gasteiger partial charge in [-0.05, 0) is 37.1 Å². The van der Waals surface area contributed by atoms with E-state index < -0.39 is 11.5 Å². The van der Waals surface area contributed by atoms with E-state index in [1.165, 1.54) is 6.92 Å². The van der Waals surface area contributed by atoms with E-state index in [1.807, 2.05) is 37.5 Å². The van der Waals surface area contributed by atoms with E-state index in [0.29, 0.717) is 24.1 Å². The van der Waals surface area contributed by atoms with Crippen molar-refractivity contribution < 1.29 is 14.4 Å². The average molecular weight is 414 g/mol. The Morgan fingerprint density at radius 2 is 1.90 bits per heavy atom. The van der Waals surface area contributed by atoms with Gasteiger partial charge in [0.05, 0.1) is 12.2 Å². The Balaban J connectivity index is 1.64. The van der Waals surface area contributed by atoms with Crippen LogP contribution in [-0.2, 0) is 17.3 Å². The predicted octanol–water partition coefficient (Wildman–Crippen LogP) is 3.10. The maximum atomic E-state index is 13.6. The third kappa shape index (κ3) is 2.80. The van der Waals surface area contributed by atoms with Crippen LogP contribution >= 0.6 is 0 Å². The normalized spacial score (nSPS) is 21.9. The SMILES string of the molecule is CC(=O)c1cccc(C(=O)N2CC[C@]3(C(=O)Nc4ccccc43)[C@@H]2c2cnn(C)c2)c1. The maximum Gasteiger partial charge on any atom is 0.254 e. The van der Waals surface area contributed by atoms with E-state index in [1.54, 1.807) is 40.0 Å². The number of ketones is 1. The number of aryl methyl sites for hydroxylation is 1. The van der Waals surface area contributed by atoms with Gasteiger partial charge in [0.25, 0.3) is 5.91 Å². The Morgan fingerprint density at radius 3 is 2.65 bits per heavy atom. The fraction of sp³-hybridized carbons (Fsp3) is 0.250. The molecule has 2 aromatic carbocycles. The number of hydrogen-bond donors (Lipinski definition) is 1. The molecular formula is C24H22N4O3. The highest BCUT2D eigenvalue weighted by atomic mass is 16.2. The number of Topliss-reactive ketones (excluding diaryl/α,β-unsaturated/α-hetero) is 1. The number of nitrogens with one attached hydrogen (secondary N) is 1. The molecule has 1 fully saturated rings. The molecule has 0 bridgehead atoms. The molecule has 5 rings (SSSR count). The fourth-order valence-electron chi connectivity index (χ4n) is 4.99. The number of hydrogen-bond acceptors (Lipinski definition) is 4. The summed E-state index contributed by atoms with van der Waals surface area (Å²) in [5, 5.41) is 7.31. The predicted molar refractivity (Wildman–Crippen MR) is 115 cm³/mol. The first-order valence-corrected chi connectivity index (χ1v) is 10.2. The summed E-state index contributed by atoms with van der Waals surface area (Å²) in [7, 11) is 1.82. The van der Waals surface area contributed by atoms with Gasteiger partial charge >= 0.3 is 0 Å². The van der Waals surface area contributed by atoms with E-state index in [-0.39, 0.29) is 17.6 Å². The Kier molecular flexibility index (Phi) is 4.28. The Bertz CT molecular complexity index is 1230. The van der Waals surface area contributed by atoms with E-state index >= 15 is 0 Å². The summed E-state index contributed by atoms with van der Waals surface area (Å²) >= 11 is 0. The van der Waals surface area contributed by atoms with E-state index in [4.69, 9.17) is 0 Å². The van der Waals surface area contributed by atoms with Crippen LogP contribution in [-0.4, -0.2) is 38.8 Å². The number of carbonyl (C=O) groups excluding carboxylic acids is 3. The summed E-state index contributed by atoms with van der Waals surface area (Å²) in [6, 6.07) is 13.9. The third-order valence-electron chi connectivity index (χ3n) is 6.40. The van der Waals surface area contributed by atoms with Crippen molar-refractivity contribution in [3.63, 3.8) is 0 Å². The molecule has 3 heterocycles. The van der Waals surface area contributed by atoms with E-state index in [0.717, 1.165) is 16.8 Å². The highest BCUT2D eigenvalue weighted by molar-refractivity contribution is 6.08. The Labute approximate surface area is 179 Å². The van der Waals surface area contributed by atoms with Crippen molar-refractivity contribution in [2.45, 2.75) is 24.8 Å². The number of aromatic nitrogens is 2. The molecule has 7 nitrogen and oxygen atoms in total. The van der Waals surface area contributed by atoms with Gasteiger partial charge in [0.1, 0.15) is 5.41 Å². The number of likely N-dealkylation sites (tertiary alicyclic amines) is 1. The summed E-state index contributed by atoms with van der Waals surface area (Å²) in [5.41, 5.74) is 2.54. The number of amides is 2. The summed E-state index contributed by atoms with van der Waals surface area (Å²) in [5.74, 6) is -0.401. The van der Waals surface area contributed by atoms with Gasteiger partial charge in [-0.1, -0.05) is 30.3 Å². The lowest BCUT2D eigenvalue weighted by Crippen LogP contribution is -2.42. The molecule has 31 heavy (non-hydrogen) atoms. The van der Waals surface area contributed by atoms with Crippen LogP contribution in [0.4, 0.5) is 5.69 Å². The van der Waals surface area contributed by atoms with Crippen LogP contribution in [0.25, 0.3) is 0 Å². The van der Waals surface area contributed by atoms with Crippen molar-refractivity contribution in [1.29, 1.82) is 0 Å². The zero-order valence-electron chi connectivity index (χ0n) is 17.3. The van der Waals surface area contributed by atoms with Gasteiger partial charge in [0.15, 0.2) is 5.78 Å². The Hall–Kier alpha value is -3.74. The van der Waals surface area contributed by atoms with Gasteiger partial charge in [-0.25, -0.2) is 0 Å². The second kappa shape index (κ2) is 6.91. The average Bonchev–Trinajstić information content (AvgIpc) is 3.44. The number of carbonyl (C=O) groups is 3. The minimum Gasteiger partial charge on any atom is -0.330 e. The van der Waals surface area contributed by atoms with Crippen molar-refractivity contribution in [1.82, 2.24) is 14.7 Å². The molecule has 0 radical (unpaired) electrons. The van der Waals surface area contributed by atoms with Crippen LogP contribution in [0.15, 0.2) is 60.9 Å². The van der Waals surface area contributed by atoms with E-state index in [2.05, 4.69) is 10.4 Å². The molecule has 3 aromatic rings. The number of rotatable bonds is 3. The van der Waals surface area contributed by atoms with Crippen molar-refractivity contribution >= 4 is 23.3 Å². The van der Waals surface area contributed by atoms with Gasteiger partial charge in [-0.2, -0.15) is 5.10 Å². The van der Waals surface area contributed by atoms with Gasteiger partial charge in [0.2, 0.25) is 5.91 Å². The first-order chi connectivity index (χ1) is 14.9. The fourth-order valence-corrected chi connectivity index (χ4v) is 4.99. The van der Waals surface area contributed by atoms with Crippen molar-refractivity contribution in [2.75, 3.05) is 11.9 Å². The van der Waals surface area contributed by atoms with Crippen LogP contribution < -0.4 is 5.32 Å². The van der Waals surface area contributed by atoms with Crippen LogP contribution in [0, 0.1) is 0 Å². The van der Waals surface area contributed by atoms with Crippen LogP contribution in [0.5, 0.6) is 0 Å². The molecular weight excluding hydrogens is 392 g/mol. The first-order valence-electron chi connectivity index (χ1n) is 10.2. The lowest BCUT2D eigenvalue weighted by molar-refractivity contribution is -0.121. The minimum absolute atomic E-state index is 0.0968. The van der Waals surface area contributed by atoms with Crippen LogP contribution in [0.1, 0.15) is 51.2 Å². The van der Waals surface area contributed by atoms with Gasteiger partial charge in [-0.15, -0.1) is 0 Å². The van der Waals surface area contributed by atoms with Gasteiger partial charge in [-0.3, -0.25) is 19.1 Å². The molecule has 7 heteroatoms. The van der Waals surface area contributed by atoms with Gasteiger partial charge < -0.3 is 10.2 Å². The number of benzene rings is 2. The first kappa shape index (κ1) is 19.2. The number of para-hydroxylation sites is 1. The zero-order chi connectivity index (χ0) is 21.8. The molecule has 156 valence electrons. The summed E-state index contributed by atoms with van der Waals surface area (Å²) < 4.78 is 1.68. The van der Waals surface area contributed by atoms with Crippen molar-refractivity contribution in [3.8, 4) is 0 Å². The molecule has 2 aliphatic heterocycles. The lowest BCUT2D eigenvalue weighted by Gasteiger charge is -2.33. The summed E-state index contributed by atoms with van der Waals surface area (Å²) in [6.45, 7) is 1.90. The number of nitrogens with zero attached hydrogens (tertiary/aromatic N) is 3. The largest absolute Gasteiger partial charge is 0.330 e. The second-order valence-electron chi connectivity index (χ2n) is 8.21. The molecule has 1 aromatic heterocycles. The molecule has 0 saturated carbocycles. The lowest BCUT2D eigenvalue weighted by atomic mass is 9.73. The highest BCUT2D eigenvalue weighted by Crippen LogP contribution is 2.54. The van der Waals surface area contributed by atoms with Crippen molar-refractivity contribution in [3.05, 3.63) is 83.2 Å². The van der Waals surface area contributed by atoms with Crippen LogP contribution in [0.3, 0.4) is 0 Å². The zero-order valence-corrected chi connectivity index (χ0v) is 17.3. The number of fused-ring (bicyclic) bond motifs is 2. The quantitative estimate of drug-likeness (QED) is 0.668.